The van der Waals surface area contributed by atoms with E-state index in [9.17, 15) is 23.9 Å². The second-order valence-electron chi connectivity index (χ2n) is 8.23. The summed E-state index contributed by atoms with van der Waals surface area (Å²) in [7, 11) is 0. The van der Waals surface area contributed by atoms with Gasteiger partial charge in [-0.25, -0.2) is 9.18 Å². The van der Waals surface area contributed by atoms with Gasteiger partial charge in [0.05, 0.1) is 36.6 Å². The van der Waals surface area contributed by atoms with Crippen LogP contribution in [0, 0.1) is 5.82 Å². The molecule has 2 heterocycles. The number of hydrogen-bond acceptors (Lipinski definition) is 6. The van der Waals surface area contributed by atoms with E-state index in [0.29, 0.717) is 64.7 Å². The fourth-order valence-electron chi connectivity index (χ4n) is 4.12. The molecule has 9 nitrogen and oxygen atoms in total. The third kappa shape index (κ3) is 5.52. The summed E-state index contributed by atoms with van der Waals surface area (Å²) >= 11 is 0. The highest BCUT2D eigenvalue weighted by Gasteiger charge is 2.24. The van der Waals surface area contributed by atoms with Gasteiger partial charge in [0, 0.05) is 45.0 Å². The van der Waals surface area contributed by atoms with Crippen molar-refractivity contribution in [2.45, 2.75) is 0 Å². The van der Waals surface area contributed by atoms with Gasteiger partial charge in [-0.15, -0.1) is 0 Å². The minimum atomic E-state index is -1.19. The van der Waals surface area contributed by atoms with E-state index in [4.69, 9.17) is 4.74 Å². The minimum Gasteiger partial charge on any atom is -0.478 e. The highest BCUT2D eigenvalue weighted by molar-refractivity contribution is 6.08. The summed E-state index contributed by atoms with van der Waals surface area (Å²) in [6.45, 7) is 5.36. The molecule has 2 fully saturated rings. The van der Waals surface area contributed by atoms with Crippen molar-refractivity contribution < 1.29 is 28.6 Å². The number of halogens is 1. The molecule has 2 saturated heterocycles. The van der Waals surface area contributed by atoms with Crippen LogP contribution in [0.15, 0.2) is 42.5 Å². The number of aromatic carboxylic acids is 1. The van der Waals surface area contributed by atoms with Crippen LogP contribution in [0.25, 0.3) is 0 Å². The summed E-state index contributed by atoms with van der Waals surface area (Å²) in [5, 5.41) is 12.2. The second-order valence-corrected chi connectivity index (χ2v) is 8.23. The predicted octanol–water partition coefficient (Wildman–Crippen LogP) is 1.76. The molecule has 0 saturated carbocycles. The Labute approximate surface area is 196 Å². The molecule has 0 aromatic heterocycles. The fourth-order valence-corrected chi connectivity index (χ4v) is 4.12. The Kier molecular flexibility index (Phi) is 7.39. The van der Waals surface area contributed by atoms with Gasteiger partial charge < -0.3 is 25.0 Å². The summed E-state index contributed by atoms with van der Waals surface area (Å²) in [5.74, 6) is -2.49. The number of carbonyl (C=O) groups excluding carboxylic acids is 2. The molecule has 2 aliphatic heterocycles. The molecule has 0 aliphatic carbocycles. The van der Waals surface area contributed by atoms with Crippen molar-refractivity contribution in [3.05, 3.63) is 59.4 Å². The van der Waals surface area contributed by atoms with Gasteiger partial charge in [-0.05, 0) is 30.3 Å². The maximum Gasteiger partial charge on any atom is 0.337 e. The van der Waals surface area contributed by atoms with Gasteiger partial charge in [-0.2, -0.15) is 0 Å². The molecule has 0 atom stereocenters. The summed E-state index contributed by atoms with van der Waals surface area (Å²) in [5.41, 5.74) is 0.567. The molecule has 2 amide bonds. The van der Waals surface area contributed by atoms with Crippen LogP contribution in [0.4, 0.5) is 15.8 Å². The first-order chi connectivity index (χ1) is 16.4. The number of hydrogen-bond donors (Lipinski definition) is 2. The number of piperazine rings is 1. The number of anilines is 2. The Bertz CT molecular complexity index is 1070. The molecule has 2 aliphatic rings. The van der Waals surface area contributed by atoms with Crippen molar-refractivity contribution in [3.8, 4) is 0 Å². The van der Waals surface area contributed by atoms with Gasteiger partial charge >= 0.3 is 5.97 Å². The first kappa shape index (κ1) is 23.7. The van der Waals surface area contributed by atoms with Gasteiger partial charge in [0.25, 0.3) is 5.91 Å². The molecule has 34 heavy (non-hydrogen) atoms. The number of amides is 2. The largest absolute Gasteiger partial charge is 0.478 e. The van der Waals surface area contributed by atoms with E-state index in [1.807, 2.05) is 9.80 Å². The quantitative estimate of drug-likeness (QED) is 0.663. The van der Waals surface area contributed by atoms with E-state index in [1.54, 1.807) is 6.07 Å². The molecule has 2 N–H and O–H groups in total. The molecule has 0 spiro atoms. The highest BCUT2D eigenvalue weighted by atomic mass is 19.1. The Balaban J connectivity index is 1.39. The molecule has 0 bridgehead atoms. The number of carboxylic acids is 1. The molecule has 2 aromatic carbocycles. The van der Waals surface area contributed by atoms with Gasteiger partial charge in [-0.1, -0.05) is 12.1 Å². The average Bonchev–Trinajstić information content (AvgIpc) is 2.85. The van der Waals surface area contributed by atoms with Gasteiger partial charge in [0.15, 0.2) is 0 Å². The van der Waals surface area contributed by atoms with E-state index < -0.39 is 17.7 Å². The van der Waals surface area contributed by atoms with Gasteiger partial charge in [0.2, 0.25) is 5.91 Å². The Hall–Kier alpha value is -3.50. The van der Waals surface area contributed by atoms with Gasteiger partial charge in [0.1, 0.15) is 5.82 Å². The Morgan fingerprint density at radius 1 is 0.941 bits per heavy atom. The number of rotatable bonds is 6. The smallest absolute Gasteiger partial charge is 0.337 e. The lowest BCUT2D eigenvalue weighted by atomic mass is 10.1. The number of carboxylic acid groups (broad SMARTS) is 1. The van der Waals surface area contributed by atoms with Crippen molar-refractivity contribution in [1.82, 2.24) is 9.80 Å². The SMILES string of the molecule is O=C(Nc1ccc(N2CCN(CC(=O)N3CCOCC3)CC2)cc1C(=O)O)c1ccccc1F. The number of morpholine rings is 1. The number of nitrogens with zero attached hydrogens (tertiary/aromatic N) is 3. The normalized spacial score (nSPS) is 16.9. The molecular weight excluding hydrogens is 443 g/mol. The van der Waals surface area contributed by atoms with Crippen LogP contribution < -0.4 is 10.2 Å². The monoisotopic (exact) mass is 470 g/mol. The number of carbonyl (C=O) groups is 3. The number of nitrogens with one attached hydrogen (secondary N) is 1. The van der Waals surface area contributed by atoms with Crippen molar-refractivity contribution in [2.24, 2.45) is 0 Å². The van der Waals surface area contributed by atoms with Crippen LogP contribution in [-0.2, 0) is 9.53 Å². The summed E-state index contributed by atoms with van der Waals surface area (Å²) < 4.78 is 19.2. The van der Waals surface area contributed by atoms with Crippen LogP contribution in [0.3, 0.4) is 0 Å². The fraction of sp³-hybridized carbons (Fsp3) is 0.375. The lowest BCUT2D eigenvalue weighted by Gasteiger charge is -2.37. The lowest BCUT2D eigenvalue weighted by molar-refractivity contribution is -0.136. The van der Waals surface area contributed by atoms with Crippen LogP contribution in [0.5, 0.6) is 0 Å². The third-order valence-electron chi connectivity index (χ3n) is 6.06. The van der Waals surface area contributed by atoms with Crippen molar-refractivity contribution >= 4 is 29.2 Å². The Morgan fingerprint density at radius 3 is 2.32 bits per heavy atom. The van der Waals surface area contributed by atoms with E-state index in [1.165, 1.54) is 36.4 Å². The van der Waals surface area contributed by atoms with E-state index >= 15 is 0 Å². The first-order valence-corrected chi connectivity index (χ1v) is 11.2. The molecule has 2 aromatic rings. The highest BCUT2D eigenvalue weighted by Crippen LogP contribution is 2.25. The van der Waals surface area contributed by atoms with Crippen LogP contribution >= 0.6 is 0 Å². The Morgan fingerprint density at radius 2 is 1.65 bits per heavy atom. The topological polar surface area (TPSA) is 102 Å². The first-order valence-electron chi connectivity index (χ1n) is 11.2. The number of benzene rings is 2. The van der Waals surface area contributed by atoms with Crippen molar-refractivity contribution in [1.29, 1.82) is 0 Å². The molecular formula is C24H27FN4O5. The van der Waals surface area contributed by atoms with Crippen molar-refractivity contribution in [3.63, 3.8) is 0 Å². The molecule has 0 radical (unpaired) electrons. The average molecular weight is 471 g/mol. The minimum absolute atomic E-state index is 0.0767. The maximum absolute atomic E-state index is 13.9. The summed E-state index contributed by atoms with van der Waals surface area (Å²) in [6.07, 6.45) is 0. The zero-order valence-corrected chi connectivity index (χ0v) is 18.7. The third-order valence-corrected chi connectivity index (χ3v) is 6.06. The molecule has 10 heteroatoms. The standard InChI is InChI=1S/C24H27FN4O5/c25-20-4-2-1-3-18(20)23(31)26-21-6-5-17(15-19(21)24(32)33)28-9-7-27(8-10-28)16-22(30)29-11-13-34-14-12-29/h1-6,15H,7-14,16H2,(H,26,31)(H,32,33). The second kappa shape index (κ2) is 10.6. The predicted molar refractivity (Wildman–Crippen MR) is 124 cm³/mol. The zero-order valence-electron chi connectivity index (χ0n) is 18.7. The van der Waals surface area contributed by atoms with Gasteiger partial charge in [-0.3, -0.25) is 14.5 Å². The van der Waals surface area contributed by atoms with E-state index in [2.05, 4.69) is 10.2 Å². The van der Waals surface area contributed by atoms with E-state index in [-0.39, 0.29) is 22.7 Å². The maximum atomic E-state index is 13.9. The van der Waals surface area contributed by atoms with E-state index in [0.717, 1.165) is 0 Å². The van der Waals surface area contributed by atoms with Crippen LogP contribution in [0.1, 0.15) is 20.7 Å². The van der Waals surface area contributed by atoms with Crippen molar-refractivity contribution in [2.75, 3.05) is 69.2 Å². The zero-order chi connectivity index (χ0) is 24.1. The van der Waals surface area contributed by atoms with Crippen LogP contribution in [0.2, 0.25) is 0 Å². The number of ether oxygens (including phenoxy) is 1. The molecule has 180 valence electrons. The lowest BCUT2D eigenvalue weighted by Crippen LogP contribution is -2.51. The molecule has 0 unspecified atom stereocenters. The summed E-state index contributed by atoms with van der Waals surface area (Å²) in [4.78, 5) is 42.7. The summed E-state index contributed by atoms with van der Waals surface area (Å²) in [6, 6.07) is 10.3. The van der Waals surface area contributed by atoms with Crippen LogP contribution in [-0.4, -0.2) is 91.7 Å². The molecule has 4 rings (SSSR count).